The highest BCUT2D eigenvalue weighted by molar-refractivity contribution is 6.31. The third-order valence-electron chi connectivity index (χ3n) is 3.54. The minimum atomic E-state index is -0.500. The Labute approximate surface area is 151 Å². The third kappa shape index (κ3) is 5.55. The lowest BCUT2D eigenvalue weighted by Crippen LogP contribution is -2.18. The van der Waals surface area contributed by atoms with Crippen molar-refractivity contribution in [2.75, 3.05) is 11.9 Å². The van der Waals surface area contributed by atoms with Crippen LogP contribution in [0.4, 0.5) is 5.69 Å². The fourth-order valence-corrected chi connectivity index (χ4v) is 2.25. The van der Waals surface area contributed by atoms with E-state index in [1.54, 1.807) is 30.3 Å². The summed E-state index contributed by atoms with van der Waals surface area (Å²) in [4.78, 5) is 12.1. The number of anilines is 1. The number of benzene rings is 2. The summed E-state index contributed by atoms with van der Waals surface area (Å²) < 4.78 is 0. The molecule has 2 aromatic carbocycles. The molecule has 0 saturated carbocycles. The molecule has 1 amide bonds. The second-order valence-corrected chi connectivity index (χ2v) is 5.87. The number of nitrogens with one attached hydrogen (secondary N) is 2. The lowest BCUT2D eigenvalue weighted by Gasteiger charge is -2.07. The quantitative estimate of drug-likeness (QED) is 0.420. The molecule has 5 nitrogen and oxygen atoms in total. The average Bonchev–Trinajstić information content (AvgIpc) is 2.59. The number of phenolic OH excluding ortho intramolecular Hbond substituents is 1. The Bertz CT molecular complexity index is 824. The molecule has 6 heteroatoms. The van der Waals surface area contributed by atoms with Crippen LogP contribution in [0.5, 0.6) is 5.75 Å². The zero-order chi connectivity index (χ0) is 18.2. The van der Waals surface area contributed by atoms with Crippen molar-refractivity contribution in [2.24, 2.45) is 0 Å². The summed E-state index contributed by atoms with van der Waals surface area (Å²) in [6.45, 7) is 2.42. The molecular weight excluding hydrogens is 338 g/mol. The van der Waals surface area contributed by atoms with Crippen molar-refractivity contribution in [3.8, 4) is 11.8 Å². The van der Waals surface area contributed by atoms with Crippen molar-refractivity contribution in [1.29, 1.82) is 5.26 Å². The van der Waals surface area contributed by atoms with Crippen LogP contribution in [0, 0.1) is 18.3 Å². The molecule has 0 heterocycles. The van der Waals surface area contributed by atoms with E-state index in [0.29, 0.717) is 23.7 Å². The van der Waals surface area contributed by atoms with Gasteiger partial charge in [0.05, 0.1) is 0 Å². The monoisotopic (exact) mass is 355 g/mol. The standard InChI is InChI=1S/C19H18ClN3O2/c1-13-2-5-16(10-18(13)20)23-19(25)15(11-21)12-22-9-8-14-3-6-17(24)7-4-14/h2-7,10,12,22,24H,8-9H2,1H3,(H,23,25)/b15-12-. The van der Waals surface area contributed by atoms with E-state index < -0.39 is 5.91 Å². The van der Waals surface area contributed by atoms with E-state index in [1.165, 1.54) is 6.20 Å². The summed E-state index contributed by atoms with van der Waals surface area (Å²) in [5, 5.41) is 24.5. The van der Waals surface area contributed by atoms with Crippen molar-refractivity contribution < 1.29 is 9.90 Å². The van der Waals surface area contributed by atoms with Crippen molar-refractivity contribution in [3.63, 3.8) is 0 Å². The number of aryl methyl sites for hydroxylation is 1. The fraction of sp³-hybridized carbons (Fsp3) is 0.158. The Morgan fingerprint density at radius 1 is 1.28 bits per heavy atom. The molecule has 0 saturated heterocycles. The number of halogens is 1. The number of nitrogens with zero attached hydrogens (tertiary/aromatic N) is 1. The van der Waals surface area contributed by atoms with Crippen LogP contribution < -0.4 is 10.6 Å². The van der Waals surface area contributed by atoms with Gasteiger partial charge in [-0.2, -0.15) is 5.26 Å². The smallest absolute Gasteiger partial charge is 0.267 e. The Morgan fingerprint density at radius 3 is 2.64 bits per heavy atom. The van der Waals surface area contributed by atoms with E-state index in [9.17, 15) is 9.90 Å². The molecule has 0 aliphatic carbocycles. The molecule has 25 heavy (non-hydrogen) atoms. The van der Waals surface area contributed by atoms with Crippen LogP contribution in [0.2, 0.25) is 5.02 Å². The maximum absolute atomic E-state index is 12.1. The highest BCUT2D eigenvalue weighted by Gasteiger charge is 2.09. The van der Waals surface area contributed by atoms with Crippen LogP contribution in [-0.2, 0) is 11.2 Å². The van der Waals surface area contributed by atoms with Gasteiger partial charge in [0.25, 0.3) is 5.91 Å². The number of aromatic hydroxyl groups is 1. The molecule has 0 spiro atoms. The van der Waals surface area contributed by atoms with Gasteiger partial charge >= 0.3 is 0 Å². The van der Waals surface area contributed by atoms with Crippen LogP contribution >= 0.6 is 11.6 Å². The lowest BCUT2D eigenvalue weighted by molar-refractivity contribution is -0.112. The molecule has 3 N–H and O–H groups in total. The Morgan fingerprint density at radius 2 is 2.00 bits per heavy atom. The topological polar surface area (TPSA) is 85.2 Å². The highest BCUT2D eigenvalue weighted by Crippen LogP contribution is 2.20. The zero-order valence-corrected chi connectivity index (χ0v) is 14.5. The fourth-order valence-electron chi connectivity index (χ4n) is 2.07. The van der Waals surface area contributed by atoms with Crippen molar-refractivity contribution >= 4 is 23.2 Å². The third-order valence-corrected chi connectivity index (χ3v) is 3.94. The van der Waals surface area contributed by atoms with Crippen molar-refractivity contribution in [3.05, 3.63) is 70.4 Å². The van der Waals surface area contributed by atoms with Crippen molar-refractivity contribution in [2.45, 2.75) is 13.3 Å². The Balaban J connectivity index is 1.90. The number of amides is 1. The highest BCUT2D eigenvalue weighted by atomic mass is 35.5. The van der Waals surface area contributed by atoms with E-state index in [1.807, 2.05) is 25.1 Å². The number of carbonyl (C=O) groups excluding carboxylic acids is 1. The Kier molecular flexibility index (Phi) is 6.44. The number of hydrogen-bond donors (Lipinski definition) is 3. The summed E-state index contributed by atoms with van der Waals surface area (Å²) in [6, 6.07) is 13.9. The minimum Gasteiger partial charge on any atom is -0.508 e. The summed E-state index contributed by atoms with van der Waals surface area (Å²) in [7, 11) is 0. The predicted molar refractivity (Wildman–Crippen MR) is 98.3 cm³/mol. The molecule has 0 aromatic heterocycles. The van der Waals surface area contributed by atoms with Gasteiger partial charge in [0.15, 0.2) is 0 Å². The van der Waals surface area contributed by atoms with Crippen LogP contribution in [0.1, 0.15) is 11.1 Å². The molecule has 0 aliphatic rings. The summed E-state index contributed by atoms with van der Waals surface area (Å²) in [6.07, 6.45) is 2.09. The first kappa shape index (κ1) is 18.4. The molecule has 2 rings (SSSR count). The second kappa shape index (κ2) is 8.76. The van der Waals surface area contributed by atoms with Crippen LogP contribution in [0.3, 0.4) is 0 Å². The molecule has 2 aromatic rings. The van der Waals surface area contributed by atoms with Crippen LogP contribution in [0.15, 0.2) is 54.2 Å². The second-order valence-electron chi connectivity index (χ2n) is 5.46. The number of nitriles is 1. The number of rotatable bonds is 6. The van der Waals surface area contributed by atoms with Gasteiger partial charge in [-0.15, -0.1) is 0 Å². The van der Waals surface area contributed by atoms with E-state index >= 15 is 0 Å². The maximum Gasteiger partial charge on any atom is 0.267 e. The van der Waals surface area contributed by atoms with Gasteiger partial charge in [-0.25, -0.2) is 0 Å². The van der Waals surface area contributed by atoms with Gasteiger partial charge in [-0.05, 0) is 48.7 Å². The first-order chi connectivity index (χ1) is 12.0. The molecular formula is C19H18ClN3O2. The first-order valence-electron chi connectivity index (χ1n) is 7.68. The van der Waals surface area contributed by atoms with Gasteiger partial charge in [0, 0.05) is 23.5 Å². The molecule has 0 radical (unpaired) electrons. The normalized spacial score (nSPS) is 10.8. The molecule has 0 bridgehead atoms. The largest absolute Gasteiger partial charge is 0.508 e. The molecule has 0 aliphatic heterocycles. The van der Waals surface area contributed by atoms with Gasteiger partial charge < -0.3 is 15.7 Å². The van der Waals surface area contributed by atoms with Gasteiger partial charge in [0.2, 0.25) is 0 Å². The van der Waals surface area contributed by atoms with Crippen LogP contribution in [-0.4, -0.2) is 17.6 Å². The Hall–Kier alpha value is -2.97. The number of carbonyl (C=O) groups is 1. The van der Waals surface area contributed by atoms with E-state index in [-0.39, 0.29) is 11.3 Å². The van der Waals surface area contributed by atoms with E-state index in [2.05, 4.69) is 10.6 Å². The zero-order valence-electron chi connectivity index (χ0n) is 13.7. The van der Waals surface area contributed by atoms with Gasteiger partial charge in [0.1, 0.15) is 17.4 Å². The van der Waals surface area contributed by atoms with E-state index in [0.717, 1.165) is 11.1 Å². The molecule has 0 fully saturated rings. The number of phenols is 1. The minimum absolute atomic E-state index is 0.0256. The van der Waals surface area contributed by atoms with Crippen molar-refractivity contribution in [1.82, 2.24) is 5.32 Å². The molecule has 0 unspecified atom stereocenters. The molecule has 128 valence electrons. The average molecular weight is 356 g/mol. The molecule has 0 atom stereocenters. The first-order valence-corrected chi connectivity index (χ1v) is 8.06. The summed E-state index contributed by atoms with van der Waals surface area (Å²) in [5.41, 5.74) is 2.45. The van der Waals surface area contributed by atoms with E-state index in [4.69, 9.17) is 16.9 Å². The number of hydrogen-bond acceptors (Lipinski definition) is 4. The van der Waals surface area contributed by atoms with Gasteiger partial charge in [-0.1, -0.05) is 29.8 Å². The SMILES string of the molecule is Cc1ccc(NC(=O)/C(C#N)=C\NCCc2ccc(O)cc2)cc1Cl. The maximum atomic E-state index is 12.1. The predicted octanol–water partition coefficient (Wildman–Crippen LogP) is 3.53. The lowest BCUT2D eigenvalue weighted by atomic mass is 10.1. The summed E-state index contributed by atoms with van der Waals surface area (Å²) in [5.74, 6) is -0.282. The van der Waals surface area contributed by atoms with Crippen LogP contribution in [0.25, 0.3) is 0 Å². The summed E-state index contributed by atoms with van der Waals surface area (Å²) >= 11 is 6.02. The van der Waals surface area contributed by atoms with Gasteiger partial charge in [-0.3, -0.25) is 4.79 Å².